The van der Waals surface area contributed by atoms with Crippen molar-refractivity contribution in [3.8, 4) is 0 Å². The lowest BCUT2D eigenvalue weighted by Gasteiger charge is -2.23. The average molecular weight is 437 g/mol. The number of aryl methyl sites for hydroxylation is 2. The van der Waals surface area contributed by atoms with Crippen molar-refractivity contribution in [1.82, 2.24) is 0 Å². The summed E-state index contributed by atoms with van der Waals surface area (Å²) in [7, 11) is 0. The van der Waals surface area contributed by atoms with E-state index in [2.05, 4.69) is 91.5 Å². The van der Waals surface area contributed by atoms with Crippen LogP contribution >= 0.6 is 12.2 Å². The van der Waals surface area contributed by atoms with Gasteiger partial charge in [0, 0.05) is 4.86 Å². The first-order valence-corrected chi connectivity index (χ1v) is 12.7. The smallest absolute Gasteiger partial charge is 0.0236 e. The van der Waals surface area contributed by atoms with E-state index in [-0.39, 0.29) is 0 Å². The minimum atomic E-state index is 0.481. The highest BCUT2D eigenvalue weighted by atomic mass is 32.1. The Balaban J connectivity index is 2.42. The van der Waals surface area contributed by atoms with E-state index in [0.29, 0.717) is 23.7 Å². The van der Waals surface area contributed by atoms with Crippen LogP contribution in [0, 0.1) is 36.5 Å². The van der Waals surface area contributed by atoms with Crippen LogP contribution in [-0.4, -0.2) is 4.86 Å². The molecule has 4 unspecified atom stereocenters. The minimum absolute atomic E-state index is 0.481. The lowest BCUT2D eigenvalue weighted by Crippen LogP contribution is -2.14. The Kier molecular flexibility index (Phi) is 9.94. The normalized spacial score (nSPS) is 27.6. The van der Waals surface area contributed by atoms with Crippen LogP contribution in [-0.2, 0) is 6.42 Å². The maximum absolute atomic E-state index is 6.02. The summed E-state index contributed by atoms with van der Waals surface area (Å²) in [6.07, 6.45) is 15.0. The molecule has 0 saturated carbocycles. The molecule has 0 fully saturated rings. The van der Waals surface area contributed by atoms with Gasteiger partial charge in [-0.3, -0.25) is 0 Å². The Morgan fingerprint density at radius 3 is 2.45 bits per heavy atom. The SMILES string of the molecule is C=C1/C=C\C(C)C(C)CC(=S)c2c(C)cc(CCCC(C)C)cc2/C=C/CC(C)C1C. The molecule has 0 heterocycles. The Morgan fingerprint density at radius 1 is 1.06 bits per heavy atom. The molecule has 0 nitrogen and oxygen atoms in total. The van der Waals surface area contributed by atoms with E-state index < -0.39 is 0 Å². The third kappa shape index (κ3) is 7.56. The molecule has 2 rings (SSSR count). The van der Waals surface area contributed by atoms with Crippen molar-refractivity contribution in [2.75, 3.05) is 0 Å². The Morgan fingerprint density at radius 2 is 1.77 bits per heavy atom. The molecule has 0 N–H and O–H groups in total. The fraction of sp³-hybridized carbons (Fsp3) is 0.567. The summed E-state index contributed by atoms with van der Waals surface area (Å²) in [4.78, 5) is 1.11. The second-order valence-electron chi connectivity index (χ2n) is 10.5. The molecule has 31 heavy (non-hydrogen) atoms. The van der Waals surface area contributed by atoms with Crippen molar-refractivity contribution >= 4 is 23.2 Å². The molecular weight excluding hydrogens is 392 g/mol. The van der Waals surface area contributed by atoms with E-state index in [4.69, 9.17) is 12.2 Å². The van der Waals surface area contributed by atoms with Gasteiger partial charge in [0.05, 0.1) is 0 Å². The van der Waals surface area contributed by atoms with E-state index in [1.807, 2.05) is 0 Å². The van der Waals surface area contributed by atoms with E-state index in [0.717, 1.165) is 30.0 Å². The topological polar surface area (TPSA) is 0 Å². The molecule has 1 aromatic carbocycles. The van der Waals surface area contributed by atoms with Crippen molar-refractivity contribution in [3.05, 3.63) is 64.8 Å². The molecule has 0 amide bonds. The molecule has 0 spiro atoms. The standard InChI is InChI=1S/C30H44S/c1-20(2)11-9-13-27-17-25(7)30-28(19-27)14-10-12-22(4)26(8)23(5)16-15-21(3)24(6)18-29(30)31/h10,14-17,19-22,24,26H,5,9,11-13,18H2,1-4,6-8H3/b14-10+,16-15-. The fourth-order valence-corrected chi connectivity index (χ4v) is 4.98. The van der Waals surface area contributed by atoms with Crippen LogP contribution in [0.2, 0.25) is 0 Å². The number of benzene rings is 1. The van der Waals surface area contributed by atoms with Gasteiger partial charge in [0.15, 0.2) is 0 Å². The van der Waals surface area contributed by atoms with Crippen LogP contribution in [0.15, 0.2) is 42.5 Å². The van der Waals surface area contributed by atoms with Crippen LogP contribution in [0.5, 0.6) is 0 Å². The predicted octanol–water partition coefficient (Wildman–Crippen LogP) is 9.16. The summed E-state index contributed by atoms with van der Waals surface area (Å²) in [5.41, 5.74) is 6.64. The van der Waals surface area contributed by atoms with E-state index in [1.54, 1.807) is 0 Å². The molecule has 0 radical (unpaired) electrons. The van der Waals surface area contributed by atoms with Crippen LogP contribution in [0.4, 0.5) is 0 Å². The lowest BCUT2D eigenvalue weighted by molar-refractivity contribution is 0.450. The van der Waals surface area contributed by atoms with Gasteiger partial charge in [-0.15, -0.1) is 0 Å². The maximum Gasteiger partial charge on any atom is 0.0236 e. The molecule has 0 aliphatic heterocycles. The largest absolute Gasteiger partial charge is 0.0956 e. The van der Waals surface area contributed by atoms with Gasteiger partial charge in [-0.05, 0) is 84.5 Å². The van der Waals surface area contributed by atoms with Gasteiger partial charge in [0.2, 0.25) is 0 Å². The first kappa shape index (κ1) is 25.8. The summed E-state index contributed by atoms with van der Waals surface area (Å²) in [6.45, 7) is 20.5. The number of hydrogen-bond donors (Lipinski definition) is 0. The number of allylic oxidation sites excluding steroid dienone is 4. The third-order valence-corrected chi connectivity index (χ3v) is 7.58. The van der Waals surface area contributed by atoms with Gasteiger partial charge in [-0.2, -0.15) is 0 Å². The number of thiocarbonyl (C=S) groups is 1. The quantitative estimate of drug-likeness (QED) is 0.424. The first-order chi connectivity index (χ1) is 14.6. The molecule has 4 atom stereocenters. The molecule has 1 aromatic rings. The number of rotatable bonds is 4. The monoisotopic (exact) mass is 436 g/mol. The Bertz CT molecular complexity index is 823. The molecule has 1 aliphatic rings. The zero-order chi connectivity index (χ0) is 23.1. The van der Waals surface area contributed by atoms with Crippen LogP contribution in [0.1, 0.15) is 89.5 Å². The van der Waals surface area contributed by atoms with Crippen molar-refractivity contribution in [2.24, 2.45) is 29.6 Å². The summed E-state index contributed by atoms with van der Waals surface area (Å²) >= 11 is 6.02. The molecule has 0 saturated heterocycles. The number of fused-ring (bicyclic) bond motifs is 1. The van der Waals surface area contributed by atoms with Gasteiger partial charge >= 0.3 is 0 Å². The van der Waals surface area contributed by atoms with Crippen molar-refractivity contribution < 1.29 is 0 Å². The van der Waals surface area contributed by atoms with E-state index in [9.17, 15) is 0 Å². The fourth-order valence-electron chi connectivity index (χ4n) is 4.44. The van der Waals surface area contributed by atoms with Gasteiger partial charge < -0.3 is 0 Å². The van der Waals surface area contributed by atoms with Crippen molar-refractivity contribution in [3.63, 3.8) is 0 Å². The predicted molar refractivity (Wildman–Crippen MR) is 144 cm³/mol. The first-order valence-electron chi connectivity index (χ1n) is 12.3. The van der Waals surface area contributed by atoms with Gasteiger partial charge in [0.1, 0.15) is 0 Å². The highest BCUT2D eigenvalue weighted by Crippen LogP contribution is 2.29. The molecule has 1 heteroatoms. The molecule has 0 aromatic heterocycles. The van der Waals surface area contributed by atoms with Crippen LogP contribution in [0.3, 0.4) is 0 Å². The zero-order valence-electron chi connectivity index (χ0n) is 21.0. The number of hydrogen-bond acceptors (Lipinski definition) is 1. The van der Waals surface area contributed by atoms with E-state index >= 15 is 0 Å². The summed E-state index contributed by atoms with van der Waals surface area (Å²) in [5, 5.41) is 0. The lowest BCUT2D eigenvalue weighted by atomic mass is 9.83. The summed E-state index contributed by atoms with van der Waals surface area (Å²) < 4.78 is 0. The van der Waals surface area contributed by atoms with Crippen LogP contribution < -0.4 is 0 Å². The van der Waals surface area contributed by atoms with Crippen molar-refractivity contribution in [2.45, 2.75) is 80.6 Å². The Labute approximate surface area is 197 Å². The molecular formula is C30H44S. The molecule has 170 valence electrons. The highest BCUT2D eigenvalue weighted by molar-refractivity contribution is 7.80. The highest BCUT2D eigenvalue weighted by Gasteiger charge is 2.19. The molecule has 0 bridgehead atoms. The average Bonchev–Trinajstić information content (AvgIpc) is 2.69. The van der Waals surface area contributed by atoms with Crippen molar-refractivity contribution in [1.29, 1.82) is 0 Å². The van der Waals surface area contributed by atoms with Gasteiger partial charge in [-0.1, -0.05) is 109 Å². The summed E-state index contributed by atoms with van der Waals surface area (Å²) in [6, 6.07) is 4.78. The van der Waals surface area contributed by atoms with Crippen LogP contribution in [0.25, 0.3) is 6.08 Å². The van der Waals surface area contributed by atoms with E-state index in [1.165, 1.54) is 40.7 Å². The molecule has 1 aliphatic carbocycles. The maximum atomic E-state index is 6.02. The second-order valence-corrected chi connectivity index (χ2v) is 11.0. The zero-order valence-corrected chi connectivity index (χ0v) is 21.8. The Hall–Kier alpha value is -1.47. The third-order valence-electron chi connectivity index (χ3n) is 7.21. The van der Waals surface area contributed by atoms with Gasteiger partial charge in [0.25, 0.3) is 0 Å². The minimum Gasteiger partial charge on any atom is -0.0956 e. The summed E-state index contributed by atoms with van der Waals surface area (Å²) in [5.74, 6) is 2.80. The van der Waals surface area contributed by atoms with Gasteiger partial charge in [-0.25, -0.2) is 0 Å². The second kappa shape index (κ2) is 12.0.